The minimum Gasteiger partial charge on any atom is -0.319 e. The van der Waals surface area contributed by atoms with Crippen LogP contribution in [0.4, 0.5) is 5.69 Å². The Balaban J connectivity index is 2.26. The molecule has 0 bridgehead atoms. The van der Waals surface area contributed by atoms with Gasteiger partial charge in [0.2, 0.25) is 0 Å². The summed E-state index contributed by atoms with van der Waals surface area (Å²) in [5.41, 5.74) is 0.714. The average Bonchev–Trinajstić information content (AvgIpc) is 2.34. The van der Waals surface area contributed by atoms with Crippen LogP contribution in [-0.2, 0) is 0 Å². The Hall–Kier alpha value is -0.810. The predicted octanol–water partition coefficient (Wildman–Crippen LogP) is 5.06. The molecule has 0 fully saturated rings. The van der Waals surface area contributed by atoms with Gasteiger partial charge in [-0.1, -0.05) is 34.8 Å². The summed E-state index contributed by atoms with van der Waals surface area (Å²) >= 11 is 21.0. The number of amides is 1. The molecule has 1 aromatic carbocycles. The quantitative estimate of drug-likeness (QED) is 0.740. The maximum absolute atomic E-state index is 12.0. The summed E-state index contributed by atoms with van der Waals surface area (Å²) < 4.78 is 0.645. The standard InChI is InChI=1S/C12H6BrCl3N2O/c13-10-2-1-6(5-17-10)12(19)18-11-8(15)3-7(14)4-9(11)16/h1-5H,(H,18,19). The Labute approximate surface area is 133 Å². The summed E-state index contributed by atoms with van der Waals surface area (Å²) in [6.45, 7) is 0. The number of benzene rings is 1. The number of carbonyl (C=O) groups excluding carboxylic acids is 1. The Morgan fingerprint density at radius 2 is 1.79 bits per heavy atom. The van der Waals surface area contributed by atoms with Gasteiger partial charge in [0.1, 0.15) is 4.60 Å². The second-order valence-corrected chi connectivity index (χ2v) is 5.63. The molecule has 1 aromatic heterocycles. The Morgan fingerprint density at radius 1 is 1.16 bits per heavy atom. The summed E-state index contributed by atoms with van der Waals surface area (Å²) in [5, 5.41) is 3.57. The van der Waals surface area contributed by atoms with Crippen LogP contribution in [0, 0.1) is 0 Å². The third-order valence-corrected chi connectivity index (χ3v) is 3.52. The molecule has 0 unspecified atom stereocenters. The number of nitrogens with one attached hydrogen (secondary N) is 1. The van der Waals surface area contributed by atoms with E-state index in [1.165, 1.54) is 18.3 Å². The molecule has 0 saturated heterocycles. The minimum absolute atomic E-state index is 0.274. The normalized spacial score (nSPS) is 10.3. The number of anilines is 1. The van der Waals surface area contributed by atoms with Gasteiger partial charge in [0.25, 0.3) is 5.91 Å². The fourth-order valence-corrected chi connectivity index (χ4v) is 2.50. The molecule has 0 atom stereocenters. The van der Waals surface area contributed by atoms with Crippen LogP contribution in [0.2, 0.25) is 15.1 Å². The fourth-order valence-electron chi connectivity index (χ4n) is 1.36. The lowest BCUT2D eigenvalue weighted by Crippen LogP contribution is -2.12. The van der Waals surface area contributed by atoms with Crippen LogP contribution in [-0.4, -0.2) is 10.9 Å². The van der Waals surface area contributed by atoms with Gasteiger partial charge in [-0.3, -0.25) is 4.79 Å². The number of nitrogens with zero attached hydrogens (tertiary/aromatic N) is 1. The van der Waals surface area contributed by atoms with E-state index in [-0.39, 0.29) is 16.0 Å². The van der Waals surface area contributed by atoms with Crippen LogP contribution in [0.5, 0.6) is 0 Å². The minimum atomic E-state index is -0.355. The molecule has 1 N–H and O–H groups in total. The zero-order valence-corrected chi connectivity index (χ0v) is 13.1. The molecule has 0 spiro atoms. The maximum atomic E-state index is 12.0. The van der Waals surface area contributed by atoms with Crippen LogP contribution >= 0.6 is 50.7 Å². The van der Waals surface area contributed by atoms with E-state index in [4.69, 9.17) is 34.8 Å². The Morgan fingerprint density at radius 3 is 2.32 bits per heavy atom. The van der Waals surface area contributed by atoms with E-state index in [0.29, 0.717) is 20.9 Å². The van der Waals surface area contributed by atoms with Gasteiger partial charge in [0.05, 0.1) is 21.3 Å². The summed E-state index contributed by atoms with van der Waals surface area (Å²) in [6.07, 6.45) is 1.44. The summed E-state index contributed by atoms with van der Waals surface area (Å²) in [4.78, 5) is 16.0. The van der Waals surface area contributed by atoms with Crippen LogP contribution < -0.4 is 5.32 Å². The molecule has 0 radical (unpaired) electrons. The number of aromatic nitrogens is 1. The molecular formula is C12H6BrCl3N2O. The highest BCUT2D eigenvalue weighted by Gasteiger charge is 2.13. The first-order valence-electron chi connectivity index (χ1n) is 5.05. The second kappa shape index (κ2) is 6.09. The van der Waals surface area contributed by atoms with E-state index in [1.807, 2.05) is 0 Å². The third kappa shape index (κ3) is 3.60. The highest BCUT2D eigenvalue weighted by molar-refractivity contribution is 9.10. The second-order valence-electron chi connectivity index (χ2n) is 3.57. The molecule has 0 aliphatic heterocycles. The number of hydrogen-bond donors (Lipinski definition) is 1. The molecular weight excluding hydrogens is 374 g/mol. The molecule has 98 valence electrons. The molecule has 0 saturated carbocycles. The van der Waals surface area contributed by atoms with E-state index in [2.05, 4.69) is 26.2 Å². The van der Waals surface area contributed by atoms with E-state index in [1.54, 1.807) is 12.1 Å². The van der Waals surface area contributed by atoms with Crippen LogP contribution in [0.25, 0.3) is 0 Å². The zero-order chi connectivity index (χ0) is 14.0. The topological polar surface area (TPSA) is 42.0 Å². The van der Waals surface area contributed by atoms with Gasteiger partial charge in [-0.2, -0.15) is 0 Å². The molecule has 2 aromatic rings. The van der Waals surface area contributed by atoms with Crippen LogP contribution in [0.1, 0.15) is 10.4 Å². The molecule has 3 nitrogen and oxygen atoms in total. The van der Waals surface area contributed by atoms with E-state index in [9.17, 15) is 4.79 Å². The third-order valence-electron chi connectivity index (χ3n) is 2.23. The van der Waals surface area contributed by atoms with Crippen molar-refractivity contribution in [2.75, 3.05) is 5.32 Å². The molecule has 1 amide bonds. The average molecular weight is 380 g/mol. The van der Waals surface area contributed by atoms with Gasteiger partial charge in [-0.25, -0.2) is 4.98 Å². The lowest BCUT2D eigenvalue weighted by molar-refractivity contribution is 0.102. The fraction of sp³-hybridized carbons (Fsp3) is 0. The molecule has 0 aliphatic carbocycles. The van der Waals surface area contributed by atoms with Gasteiger partial charge >= 0.3 is 0 Å². The Bertz CT molecular complexity index is 608. The summed E-state index contributed by atoms with van der Waals surface area (Å²) in [5.74, 6) is -0.355. The van der Waals surface area contributed by atoms with Crippen LogP contribution in [0.3, 0.4) is 0 Å². The van der Waals surface area contributed by atoms with Crippen molar-refractivity contribution in [3.05, 3.63) is 55.7 Å². The molecule has 1 heterocycles. The molecule has 2 rings (SSSR count). The number of halogens is 4. The van der Waals surface area contributed by atoms with Crippen molar-refractivity contribution in [1.29, 1.82) is 0 Å². The first-order valence-corrected chi connectivity index (χ1v) is 6.97. The van der Waals surface area contributed by atoms with E-state index >= 15 is 0 Å². The molecule has 19 heavy (non-hydrogen) atoms. The van der Waals surface area contributed by atoms with Crippen molar-refractivity contribution >= 4 is 62.3 Å². The van der Waals surface area contributed by atoms with Crippen molar-refractivity contribution < 1.29 is 4.79 Å². The monoisotopic (exact) mass is 378 g/mol. The zero-order valence-electron chi connectivity index (χ0n) is 9.25. The van der Waals surface area contributed by atoms with Crippen molar-refractivity contribution in [3.63, 3.8) is 0 Å². The van der Waals surface area contributed by atoms with E-state index < -0.39 is 0 Å². The van der Waals surface area contributed by atoms with Crippen molar-refractivity contribution in [3.8, 4) is 0 Å². The van der Waals surface area contributed by atoms with Crippen molar-refractivity contribution in [2.45, 2.75) is 0 Å². The van der Waals surface area contributed by atoms with Crippen molar-refractivity contribution in [2.24, 2.45) is 0 Å². The van der Waals surface area contributed by atoms with E-state index in [0.717, 1.165) is 0 Å². The van der Waals surface area contributed by atoms with Crippen LogP contribution in [0.15, 0.2) is 35.1 Å². The highest BCUT2D eigenvalue weighted by Crippen LogP contribution is 2.33. The number of pyridine rings is 1. The van der Waals surface area contributed by atoms with Gasteiger partial charge in [-0.15, -0.1) is 0 Å². The van der Waals surface area contributed by atoms with Crippen molar-refractivity contribution in [1.82, 2.24) is 4.98 Å². The first kappa shape index (κ1) is 14.6. The lowest BCUT2D eigenvalue weighted by atomic mass is 10.2. The van der Waals surface area contributed by atoms with Gasteiger partial charge in [0.15, 0.2) is 0 Å². The number of carbonyl (C=O) groups is 1. The molecule has 0 aliphatic rings. The largest absolute Gasteiger partial charge is 0.319 e. The first-order chi connectivity index (χ1) is 8.97. The van der Waals surface area contributed by atoms with Gasteiger partial charge in [-0.05, 0) is 40.2 Å². The summed E-state index contributed by atoms with van der Waals surface area (Å²) in [7, 11) is 0. The lowest BCUT2D eigenvalue weighted by Gasteiger charge is -2.09. The van der Waals surface area contributed by atoms with Gasteiger partial charge < -0.3 is 5.32 Å². The molecule has 7 heteroatoms. The Kier molecular flexibility index (Phi) is 4.68. The predicted molar refractivity (Wildman–Crippen MR) is 81.4 cm³/mol. The number of hydrogen-bond acceptors (Lipinski definition) is 2. The maximum Gasteiger partial charge on any atom is 0.257 e. The SMILES string of the molecule is O=C(Nc1c(Cl)cc(Cl)cc1Cl)c1ccc(Br)nc1. The summed E-state index contributed by atoms with van der Waals surface area (Å²) in [6, 6.07) is 6.30. The smallest absolute Gasteiger partial charge is 0.257 e. The van der Waals surface area contributed by atoms with Gasteiger partial charge in [0, 0.05) is 11.2 Å². The highest BCUT2D eigenvalue weighted by atomic mass is 79.9. The number of rotatable bonds is 2.